The molecular weight excluding hydrogens is 422 g/mol. The number of carbonyl (C=O) groups is 1. The molecule has 32 heavy (non-hydrogen) atoms. The lowest BCUT2D eigenvalue weighted by Gasteiger charge is -2.12. The molecule has 0 aliphatic carbocycles. The Bertz CT molecular complexity index is 1320. The molecular formula is C20H18F2N8O2. The number of hydrogen-bond donors (Lipinski definition) is 3. The maximum absolute atomic E-state index is 14.2. The van der Waals surface area contributed by atoms with Gasteiger partial charge in [-0.1, -0.05) is 18.2 Å². The number of ether oxygens (including phenoxy) is 1. The molecule has 0 bridgehead atoms. The normalized spacial score (nSPS) is 10.9. The van der Waals surface area contributed by atoms with Crippen molar-refractivity contribution in [2.45, 2.75) is 6.54 Å². The van der Waals surface area contributed by atoms with Gasteiger partial charge in [0, 0.05) is 12.6 Å². The van der Waals surface area contributed by atoms with Crippen LogP contribution in [0, 0.1) is 11.6 Å². The van der Waals surface area contributed by atoms with E-state index < -0.39 is 17.7 Å². The molecule has 0 spiro atoms. The number of rotatable bonds is 5. The lowest BCUT2D eigenvalue weighted by Crippen LogP contribution is -2.16. The maximum atomic E-state index is 14.2. The van der Waals surface area contributed by atoms with Crippen molar-refractivity contribution >= 4 is 34.4 Å². The van der Waals surface area contributed by atoms with Gasteiger partial charge < -0.3 is 15.8 Å². The zero-order valence-electron chi connectivity index (χ0n) is 17.1. The molecule has 10 nitrogen and oxygen atoms in total. The van der Waals surface area contributed by atoms with Crippen LogP contribution in [0.5, 0.6) is 0 Å². The maximum Gasteiger partial charge on any atom is 0.411 e. The predicted molar refractivity (Wildman–Crippen MR) is 114 cm³/mol. The molecule has 0 saturated carbocycles. The van der Waals surface area contributed by atoms with Crippen LogP contribution in [-0.2, 0) is 11.3 Å². The number of fused-ring (bicyclic) bond motifs is 1. The highest BCUT2D eigenvalue weighted by molar-refractivity contribution is 5.95. The van der Waals surface area contributed by atoms with Crippen LogP contribution in [0.15, 0.2) is 36.5 Å². The molecule has 4 aromatic rings. The first-order valence-corrected chi connectivity index (χ1v) is 9.37. The van der Waals surface area contributed by atoms with Crippen LogP contribution in [-0.4, -0.2) is 45.0 Å². The third-order valence-electron chi connectivity index (χ3n) is 4.63. The molecule has 0 aliphatic heterocycles. The summed E-state index contributed by atoms with van der Waals surface area (Å²) in [4.78, 5) is 24.3. The van der Waals surface area contributed by atoms with Crippen molar-refractivity contribution in [3.63, 3.8) is 0 Å². The quantitative estimate of drug-likeness (QED) is 0.431. The largest absolute Gasteiger partial charge is 0.453 e. The third kappa shape index (κ3) is 3.85. The summed E-state index contributed by atoms with van der Waals surface area (Å²) < 4.78 is 34.2. The molecule has 164 valence electrons. The van der Waals surface area contributed by atoms with E-state index in [-0.39, 0.29) is 35.4 Å². The van der Waals surface area contributed by atoms with Gasteiger partial charge in [0.1, 0.15) is 23.0 Å². The standard InChI is InChI=1S/C20H18F2N8O2/c1-24-17-15(26-20(31)32-2)16(23)27-18(28-17)14-12-7-11(21)8-25-19(12)30(29-14)9-10-5-3-4-6-13(10)22/h3-8H,9H2,1-2H3,(H,26,31)(H3,23,24,27,28). The molecule has 4 N–H and O–H groups in total. The van der Waals surface area contributed by atoms with Crippen LogP contribution in [0.1, 0.15) is 5.56 Å². The molecule has 4 rings (SSSR count). The van der Waals surface area contributed by atoms with Crippen LogP contribution < -0.4 is 16.4 Å². The summed E-state index contributed by atoms with van der Waals surface area (Å²) in [5.74, 6) is -0.803. The van der Waals surface area contributed by atoms with Crippen molar-refractivity contribution in [1.29, 1.82) is 0 Å². The summed E-state index contributed by atoms with van der Waals surface area (Å²) in [5.41, 5.74) is 7.02. The van der Waals surface area contributed by atoms with Gasteiger partial charge in [0.05, 0.1) is 25.2 Å². The molecule has 3 aromatic heterocycles. The highest BCUT2D eigenvalue weighted by atomic mass is 19.1. The van der Waals surface area contributed by atoms with Gasteiger partial charge in [0.15, 0.2) is 23.1 Å². The molecule has 0 saturated heterocycles. The Morgan fingerprint density at radius 2 is 2.03 bits per heavy atom. The number of nitrogens with zero attached hydrogens (tertiary/aromatic N) is 5. The second-order valence-electron chi connectivity index (χ2n) is 6.65. The van der Waals surface area contributed by atoms with E-state index in [0.29, 0.717) is 16.6 Å². The van der Waals surface area contributed by atoms with E-state index in [0.717, 1.165) is 6.20 Å². The number of amides is 1. The number of aromatic nitrogens is 5. The summed E-state index contributed by atoms with van der Waals surface area (Å²) >= 11 is 0. The van der Waals surface area contributed by atoms with Crippen LogP contribution in [0.4, 0.5) is 30.9 Å². The Balaban J connectivity index is 1.86. The van der Waals surface area contributed by atoms with Crippen molar-refractivity contribution in [1.82, 2.24) is 24.7 Å². The monoisotopic (exact) mass is 440 g/mol. The first-order valence-electron chi connectivity index (χ1n) is 9.37. The van der Waals surface area contributed by atoms with Gasteiger partial charge in [-0.05, 0) is 12.1 Å². The fourth-order valence-corrected chi connectivity index (χ4v) is 3.14. The van der Waals surface area contributed by atoms with E-state index >= 15 is 0 Å². The van der Waals surface area contributed by atoms with Crippen molar-refractivity contribution in [3.8, 4) is 11.5 Å². The fraction of sp³-hybridized carbons (Fsp3) is 0.150. The third-order valence-corrected chi connectivity index (χ3v) is 4.63. The van der Waals surface area contributed by atoms with Gasteiger partial charge in [-0.25, -0.2) is 33.2 Å². The zero-order valence-corrected chi connectivity index (χ0v) is 17.1. The van der Waals surface area contributed by atoms with E-state index in [2.05, 4.69) is 35.4 Å². The number of hydrogen-bond acceptors (Lipinski definition) is 8. The summed E-state index contributed by atoms with van der Waals surface area (Å²) in [6, 6.07) is 7.48. The summed E-state index contributed by atoms with van der Waals surface area (Å²) in [5, 5.41) is 10.0. The Kier molecular flexibility index (Phi) is 5.50. The van der Waals surface area contributed by atoms with Crippen LogP contribution >= 0.6 is 0 Å². The second-order valence-corrected chi connectivity index (χ2v) is 6.65. The fourth-order valence-electron chi connectivity index (χ4n) is 3.14. The Hall–Kier alpha value is -4.35. The smallest absolute Gasteiger partial charge is 0.411 e. The minimum absolute atomic E-state index is 0.0537. The number of benzene rings is 1. The number of nitrogens with one attached hydrogen (secondary N) is 2. The van der Waals surface area contributed by atoms with E-state index in [4.69, 9.17) is 5.73 Å². The first kappa shape index (κ1) is 20.9. The number of nitrogens with two attached hydrogens (primary N) is 1. The molecule has 12 heteroatoms. The number of nitrogen functional groups attached to an aromatic ring is 1. The highest BCUT2D eigenvalue weighted by Gasteiger charge is 2.21. The van der Waals surface area contributed by atoms with E-state index in [9.17, 15) is 13.6 Å². The highest BCUT2D eigenvalue weighted by Crippen LogP contribution is 2.32. The Morgan fingerprint density at radius 1 is 1.25 bits per heavy atom. The van der Waals surface area contributed by atoms with Crippen LogP contribution in [0.2, 0.25) is 0 Å². The van der Waals surface area contributed by atoms with Gasteiger partial charge in [-0.2, -0.15) is 5.10 Å². The van der Waals surface area contributed by atoms with Gasteiger partial charge in [-0.15, -0.1) is 0 Å². The minimum Gasteiger partial charge on any atom is -0.453 e. The first-order chi connectivity index (χ1) is 15.4. The molecule has 0 unspecified atom stereocenters. The molecule has 1 amide bonds. The lowest BCUT2D eigenvalue weighted by molar-refractivity contribution is 0.187. The average Bonchev–Trinajstić information content (AvgIpc) is 3.13. The van der Waals surface area contributed by atoms with E-state index in [1.54, 1.807) is 25.2 Å². The number of halogens is 2. The van der Waals surface area contributed by atoms with Crippen molar-refractivity contribution in [3.05, 3.63) is 53.7 Å². The van der Waals surface area contributed by atoms with Crippen molar-refractivity contribution < 1.29 is 18.3 Å². The second kappa shape index (κ2) is 8.41. The van der Waals surface area contributed by atoms with E-state index in [1.165, 1.54) is 23.9 Å². The van der Waals surface area contributed by atoms with Crippen molar-refractivity contribution in [2.75, 3.05) is 30.5 Å². The van der Waals surface area contributed by atoms with Gasteiger partial charge in [0.25, 0.3) is 0 Å². The zero-order chi connectivity index (χ0) is 22.8. The molecule has 3 heterocycles. The van der Waals surface area contributed by atoms with E-state index in [1.807, 2.05) is 0 Å². The summed E-state index contributed by atoms with van der Waals surface area (Å²) in [6.07, 6.45) is 0.291. The molecule has 1 aromatic carbocycles. The van der Waals surface area contributed by atoms with Gasteiger partial charge in [-0.3, -0.25) is 5.32 Å². The molecule has 0 radical (unpaired) electrons. The van der Waals surface area contributed by atoms with Crippen LogP contribution in [0.3, 0.4) is 0 Å². The molecule has 0 aliphatic rings. The SMILES string of the molecule is CNc1nc(-c2nn(Cc3ccccc3F)c3ncc(F)cc23)nc(N)c1NC(=O)OC. The van der Waals surface area contributed by atoms with Crippen LogP contribution in [0.25, 0.3) is 22.6 Å². The average molecular weight is 440 g/mol. The molecule has 0 fully saturated rings. The topological polar surface area (TPSA) is 133 Å². The minimum atomic E-state index is -0.754. The number of methoxy groups -OCH3 is 1. The summed E-state index contributed by atoms with van der Waals surface area (Å²) in [7, 11) is 2.78. The van der Waals surface area contributed by atoms with Crippen molar-refractivity contribution in [2.24, 2.45) is 0 Å². The Morgan fingerprint density at radius 3 is 2.75 bits per heavy atom. The van der Waals surface area contributed by atoms with Gasteiger partial charge >= 0.3 is 6.09 Å². The number of pyridine rings is 1. The Labute approximate surface area is 180 Å². The predicted octanol–water partition coefficient (Wildman–Crippen LogP) is 3.02. The lowest BCUT2D eigenvalue weighted by atomic mass is 10.2. The molecule has 0 atom stereocenters. The number of anilines is 3. The summed E-state index contributed by atoms with van der Waals surface area (Å²) in [6.45, 7) is 0.0537. The van der Waals surface area contributed by atoms with Gasteiger partial charge in [0.2, 0.25) is 0 Å². The number of carbonyl (C=O) groups excluding carboxylic acids is 1.